The number of nitrogen functional groups attached to an aromatic ring is 1. The van der Waals surface area contributed by atoms with Crippen molar-refractivity contribution in [2.45, 2.75) is 29.6 Å². The van der Waals surface area contributed by atoms with E-state index in [1.807, 2.05) is 0 Å². The molecule has 0 aromatic carbocycles. The van der Waals surface area contributed by atoms with Crippen molar-refractivity contribution in [1.82, 2.24) is 30.1 Å². The van der Waals surface area contributed by atoms with Gasteiger partial charge in [0.1, 0.15) is 6.33 Å². The van der Waals surface area contributed by atoms with Gasteiger partial charge in [0.15, 0.2) is 5.16 Å². The van der Waals surface area contributed by atoms with Crippen molar-refractivity contribution in [2.75, 3.05) is 23.4 Å². The van der Waals surface area contributed by atoms with Crippen LogP contribution < -0.4 is 16.2 Å². The standard InChI is InChI=1S/C10H15N9S/c11-17-7-14-8(19-4-2-1-3-5-19)16-10(15-7)20-9-12-6-13-18-9/h6H,1-5,11H2,(H,12,13,18)(H,14,15,16,17). The van der Waals surface area contributed by atoms with Crippen molar-refractivity contribution in [3.8, 4) is 0 Å². The summed E-state index contributed by atoms with van der Waals surface area (Å²) in [5, 5.41) is 7.71. The molecule has 2 aromatic heterocycles. The average molecular weight is 293 g/mol. The van der Waals surface area contributed by atoms with E-state index in [0.717, 1.165) is 25.9 Å². The molecule has 1 saturated heterocycles. The first kappa shape index (κ1) is 13.1. The number of nitrogens with zero attached hydrogens (tertiary/aromatic N) is 6. The molecule has 0 saturated carbocycles. The van der Waals surface area contributed by atoms with E-state index in [4.69, 9.17) is 5.84 Å². The van der Waals surface area contributed by atoms with E-state index in [0.29, 0.717) is 22.2 Å². The van der Waals surface area contributed by atoms with E-state index in [1.54, 1.807) is 0 Å². The highest BCUT2D eigenvalue weighted by Crippen LogP contribution is 2.24. The van der Waals surface area contributed by atoms with Crippen LogP contribution in [0.5, 0.6) is 0 Å². The summed E-state index contributed by atoms with van der Waals surface area (Å²) in [5.74, 6) is 6.42. The van der Waals surface area contributed by atoms with Crippen molar-refractivity contribution in [1.29, 1.82) is 0 Å². The minimum absolute atomic E-state index is 0.350. The Balaban J connectivity index is 1.85. The lowest BCUT2D eigenvalue weighted by Gasteiger charge is -2.26. The lowest BCUT2D eigenvalue weighted by molar-refractivity contribution is 0.565. The Labute approximate surface area is 119 Å². The van der Waals surface area contributed by atoms with Crippen LogP contribution in [0.2, 0.25) is 0 Å². The molecule has 0 amide bonds. The van der Waals surface area contributed by atoms with Crippen LogP contribution in [0.4, 0.5) is 11.9 Å². The van der Waals surface area contributed by atoms with Gasteiger partial charge in [0.05, 0.1) is 0 Å². The first-order valence-electron chi connectivity index (χ1n) is 6.36. The van der Waals surface area contributed by atoms with Gasteiger partial charge < -0.3 is 4.90 Å². The molecule has 1 aliphatic heterocycles. The van der Waals surface area contributed by atoms with Crippen LogP contribution in [0.1, 0.15) is 19.3 Å². The van der Waals surface area contributed by atoms with Crippen LogP contribution in [-0.4, -0.2) is 43.2 Å². The number of H-pyrrole nitrogens is 1. The quantitative estimate of drug-likeness (QED) is 0.543. The van der Waals surface area contributed by atoms with Crippen molar-refractivity contribution < 1.29 is 0 Å². The molecule has 3 rings (SSSR count). The zero-order chi connectivity index (χ0) is 13.8. The molecule has 0 bridgehead atoms. The van der Waals surface area contributed by atoms with Crippen LogP contribution in [0.15, 0.2) is 16.6 Å². The molecule has 1 aliphatic rings. The van der Waals surface area contributed by atoms with Gasteiger partial charge in [0.2, 0.25) is 17.1 Å². The van der Waals surface area contributed by atoms with E-state index in [-0.39, 0.29) is 0 Å². The van der Waals surface area contributed by atoms with Crippen molar-refractivity contribution in [3.63, 3.8) is 0 Å². The second-order valence-electron chi connectivity index (χ2n) is 4.33. The predicted molar refractivity (Wildman–Crippen MR) is 74.2 cm³/mol. The monoisotopic (exact) mass is 293 g/mol. The second kappa shape index (κ2) is 6.01. The topological polar surface area (TPSA) is 122 Å². The predicted octanol–water partition coefficient (Wildman–Crippen LogP) is 0.417. The fourth-order valence-corrected chi connectivity index (χ4v) is 2.65. The molecule has 10 heteroatoms. The number of hydrogen-bond acceptors (Lipinski definition) is 9. The summed E-state index contributed by atoms with van der Waals surface area (Å²) in [6, 6.07) is 0. The number of piperidine rings is 1. The summed E-state index contributed by atoms with van der Waals surface area (Å²) in [6.07, 6.45) is 5.00. The summed E-state index contributed by atoms with van der Waals surface area (Å²) in [4.78, 5) is 19.2. The molecule has 0 aliphatic carbocycles. The molecule has 0 radical (unpaired) electrons. The molecule has 4 N–H and O–H groups in total. The maximum atomic E-state index is 5.42. The highest BCUT2D eigenvalue weighted by atomic mass is 32.2. The third-order valence-corrected chi connectivity index (χ3v) is 3.71. The van der Waals surface area contributed by atoms with Gasteiger partial charge in [0.25, 0.3) is 0 Å². The maximum Gasteiger partial charge on any atom is 0.242 e. The van der Waals surface area contributed by atoms with Crippen molar-refractivity contribution >= 4 is 23.7 Å². The zero-order valence-electron chi connectivity index (χ0n) is 10.8. The number of rotatable bonds is 4. The van der Waals surface area contributed by atoms with Gasteiger partial charge in [-0.15, -0.1) is 0 Å². The first-order valence-corrected chi connectivity index (χ1v) is 7.17. The number of aromatic amines is 1. The molecular weight excluding hydrogens is 278 g/mol. The molecule has 20 heavy (non-hydrogen) atoms. The summed E-state index contributed by atoms with van der Waals surface area (Å²) in [7, 11) is 0. The Morgan fingerprint density at radius 1 is 1.20 bits per heavy atom. The van der Waals surface area contributed by atoms with Gasteiger partial charge >= 0.3 is 0 Å². The summed E-state index contributed by atoms with van der Waals surface area (Å²) in [6.45, 7) is 1.92. The van der Waals surface area contributed by atoms with Gasteiger partial charge in [-0.1, -0.05) is 0 Å². The molecule has 106 valence electrons. The van der Waals surface area contributed by atoms with Gasteiger partial charge in [-0.2, -0.15) is 20.1 Å². The van der Waals surface area contributed by atoms with Crippen LogP contribution in [0.25, 0.3) is 0 Å². The summed E-state index contributed by atoms with van der Waals surface area (Å²) in [5.41, 5.74) is 2.48. The Morgan fingerprint density at radius 2 is 2.05 bits per heavy atom. The van der Waals surface area contributed by atoms with Crippen molar-refractivity contribution in [2.24, 2.45) is 5.84 Å². The van der Waals surface area contributed by atoms with Crippen LogP contribution in [0.3, 0.4) is 0 Å². The Bertz CT molecular complexity index is 552. The fourth-order valence-electron chi connectivity index (χ4n) is 2.02. The fraction of sp³-hybridized carbons (Fsp3) is 0.500. The minimum atomic E-state index is 0.350. The first-order chi connectivity index (χ1) is 9.85. The lowest BCUT2D eigenvalue weighted by atomic mass is 10.1. The number of anilines is 2. The maximum absolute atomic E-state index is 5.42. The Morgan fingerprint density at radius 3 is 2.75 bits per heavy atom. The molecule has 2 aromatic rings. The van der Waals surface area contributed by atoms with Crippen LogP contribution in [0, 0.1) is 0 Å². The number of aromatic nitrogens is 6. The summed E-state index contributed by atoms with van der Waals surface area (Å²) < 4.78 is 0. The van der Waals surface area contributed by atoms with Crippen LogP contribution >= 0.6 is 11.8 Å². The van der Waals surface area contributed by atoms with Gasteiger partial charge in [-0.25, -0.2) is 10.8 Å². The van der Waals surface area contributed by atoms with E-state index in [2.05, 4.69) is 40.5 Å². The third-order valence-electron chi connectivity index (χ3n) is 2.95. The van der Waals surface area contributed by atoms with Crippen LogP contribution in [-0.2, 0) is 0 Å². The largest absolute Gasteiger partial charge is 0.341 e. The molecule has 0 spiro atoms. The van der Waals surface area contributed by atoms with E-state index in [1.165, 1.54) is 24.5 Å². The van der Waals surface area contributed by atoms with E-state index >= 15 is 0 Å². The average Bonchev–Trinajstić information content (AvgIpc) is 3.00. The number of nitrogens with one attached hydrogen (secondary N) is 2. The van der Waals surface area contributed by atoms with Gasteiger partial charge in [0, 0.05) is 13.1 Å². The Hall–Kier alpha value is -1.94. The molecule has 1 fully saturated rings. The molecule has 3 heterocycles. The molecular formula is C10H15N9S. The Kier molecular flexibility index (Phi) is 3.92. The molecule has 0 atom stereocenters. The molecule has 9 nitrogen and oxygen atoms in total. The SMILES string of the molecule is NNc1nc(Sc2ncn[nH]2)nc(N2CCCCC2)n1. The van der Waals surface area contributed by atoms with Gasteiger partial charge in [-0.3, -0.25) is 10.5 Å². The number of hydrazine groups is 1. The normalized spacial score (nSPS) is 15.3. The highest BCUT2D eigenvalue weighted by molar-refractivity contribution is 7.99. The lowest BCUT2D eigenvalue weighted by Crippen LogP contribution is -2.31. The number of hydrogen-bond donors (Lipinski definition) is 3. The van der Waals surface area contributed by atoms with E-state index in [9.17, 15) is 0 Å². The third kappa shape index (κ3) is 2.96. The van der Waals surface area contributed by atoms with Crippen molar-refractivity contribution in [3.05, 3.63) is 6.33 Å². The highest BCUT2D eigenvalue weighted by Gasteiger charge is 2.16. The summed E-state index contributed by atoms with van der Waals surface area (Å²) >= 11 is 1.29. The van der Waals surface area contributed by atoms with Gasteiger partial charge in [-0.05, 0) is 31.0 Å². The minimum Gasteiger partial charge on any atom is -0.341 e. The number of nitrogens with two attached hydrogens (primary N) is 1. The van der Waals surface area contributed by atoms with E-state index < -0.39 is 0 Å². The second-order valence-corrected chi connectivity index (χ2v) is 5.28. The molecule has 0 unspecified atom stereocenters. The smallest absolute Gasteiger partial charge is 0.242 e. The zero-order valence-corrected chi connectivity index (χ0v) is 11.6.